The third-order valence-electron chi connectivity index (χ3n) is 4.57. The van der Waals surface area contributed by atoms with Crippen LogP contribution in [0.5, 0.6) is 0 Å². The molecule has 0 saturated carbocycles. The van der Waals surface area contributed by atoms with Crippen molar-refractivity contribution >= 4 is 11.3 Å². The molecule has 0 spiro atoms. The van der Waals surface area contributed by atoms with E-state index in [0.717, 1.165) is 49.5 Å². The Morgan fingerprint density at radius 2 is 2.21 bits per heavy atom. The van der Waals surface area contributed by atoms with E-state index in [1.165, 1.54) is 5.69 Å². The van der Waals surface area contributed by atoms with Crippen LogP contribution in [0.1, 0.15) is 35.2 Å². The van der Waals surface area contributed by atoms with Gasteiger partial charge in [0.1, 0.15) is 0 Å². The molecule has 2 aromatic rings. The van der Waals surface area contributed by atoms with Crippen LogP contribution in [0.4, 0.5) is 0 Å². The van der Waals surface area contributed by atoms with E-state index in [1.807, 2.05) is 30.3 Å². The zero-order valence-corrected chi connectivity index (χ0v) is 15.0. The summed E-state index contributed by atoms with van der Waals surface area (Å²) in [6, 6.07) is 10.2. The Morgan fingerprint density at radius 1 is 1.38 bits per heavy atom. The minimum absolute atomic E-state index is 0.283. The van der Waals surface area contributed by atoms with Crippen LogP contribution in [0, 0.1) is 6.92 Å². The van der Waals surface area contributed by atoms with Gasteiger partial charge in [0.2, 0.25) is 0 Å². The monoisotopic (exact) mass is 346 g/mol. The number of nitrogens with zero attached hydrogens (tertiary/aromatic N) is 2. The zero-order valence-electron chi connectivity index (χ0n) is 14.2. The van der Waals surface area contributed by atoms with Gasteiger partial charge in [-0.25, -0.2) is 4.98 Å². The number of aromatic nitrogens is 1. The molecule has 1 fully saturated rings. The summed E-state index contributed by atoms with van der Waals surface area (Å²) in [5.41, 5.74) is 2.19. The van der Waals surface area contributed by atoms with Gasteiger partial charge in [-0.1, -0.05) is 30.3 Å². The number of aliphatic hydroxyl groups excluding tert-OH is 1. The maximum absolute atomic E-state index is 10.5. The summed E-state index contributed by atoms with van der Waals surface area (Å²) in [6.07, 6.45) is 2.41. The van der Waals surface area contributed by atoms with Gasteiger partial charge in [-0.05, 0) is 38.3 Å². The van der Waals surface area contributed by atoms with Gasteiger partial charge in [-0.2, -0.15) is 0 Å². The fraction of sp³-hybridized carbons (Fsp3) is 0.526. The summed E-state index contributed by atoms with van der Waals surface area (Å²) in [7, 11) is 0. The van der Waals surface area contributed by atoms with E-state index in [1.54, 1.807) is 11.3 Å². The minimum atomic E-state index is -0.429. The van der Waals surface area contributed by atoms with Crippen molar-refractivity contribution in [2.75, 3.05) is 26.3 Å². The molecule has 130 valence electrons. The van der Waals surface area contributed by atoms with Crippen LogP contribution < -0.4 is 0 Å². The number of hydrogen-bond donors (Lipinski definition) is 1. The first-order chi connectivity index (χ1) is 11.7. The van der Waals surface area contributed by atoms with E-state index >= 15 is 0 Å². The minimum Gasteiger partial charge on any atom is -0.388 e. The molecule has 3 rings (SSSR count). The molecule has 4 nitrogen and oxygen atoms in total. The first kappa shape index (κ1) is 17.5. The molecule has 1 aromatic carbocycles. The summed E-state index contributed by atoms with van der Waals surface area (Å²) in [6.45, 7) is 5.53. The molecule has 1 saturated heterocycles. The van der Waals surface area contributed by atoms with Gasteiger partial charge in [0.15, 0.2) is 0 Å². The summed E-state index contributed by atoms with van der Waals surface area (Å²) < 4.78 is 5.65. The van der Waals surface area contributed by atoms with Gasteiger partial charge in [0.05, 0.1) is 30.0 Å². The number of aliphatic hydroxyl groups is 1. The Labute approximate surface area is 148 Å². The number of benzene rings is 1. The van der Waals surface area contributed by atoms with Crippen molar-refractivity contribution in [2.24, 2.45) is 0 Å². The van der Waals surface area contributed by atoms with Crippen molar-refractivity contribution in [2.45, 2.75) is 38.3 Å². The average Bonchev–Trinajstić information content (AvgIpc) is 3.02. The average molecular weight is 346 g/mol. The van der Waals surface area contributed by atoms with Crippen LogP contribution in [-0.4, -0.2) is 47.3 Å². The number of rotatable bonds is 7. The molecular formula is C19H26N2O2S. The Morgan fingerprint density at radius 3 is 2.96 bits per heavy atom. The summed E-state index contributed by atoms with van der Waals surface area (Å²) in [5, 5.41) is 13.8. The van der Waals surface area contributed by atoms with Crippen molar-refractivity contribution < 1.29 is 9.84 Å². The van der Waals surface area contributed by atoms with Crippen molar-refractivity contribution in [1.82, 2.24) is 9.88 Å². The molecule has 2 atom stereocenters. The molecule has 0 bridgehead atoms. The Kier molecular flexibility index (Phi) is 6.37. The van der Waals surface area contributed by atoms with E-state index in [0.29, 0.717) is 6.61 Å². The second-order valence-electron chi connectivity index (χ2n) is 6.39. The normalized spacial score (nSPS) is 20.2. The van der Waals surface area contributed by atoms with Crippen LogP contribution in [0.2, 0.25) is 0 Å². The summed E-state index contributed by atoms with van der Waals surface area (Å²) >= 11 is 1.72. The van der Waals surface area contributed by atoms with Gasteiger partial charge in [-0.3, -0.25) is 4.90 Å². The molecular weight excluding hydrogens is 320 g/mol. The lowest BCUT2D eigenvalue weighted by Crippen LogP contribution is -2.46. The topological polar surface area (TPSA) is 45.6 Å². The van der Waals surface area contributed by atoms with Gasteiger partial charge >= 0.3 is 0 Å². The molecule has 2 unspecified atom stereocenters. The SMILES string of the molecule is Cc1nc(CCCN2CCOCC2CC(O)c2ccccc2)cs1. The number of ether oxygens (including phenoxy) is 1. The third kappa shape index (κ3) is 4.86. The highest BCUT2D eigenvalue weighted by molar-refractivity contribution is 7.09. The molecule has 5 heteroatoms. The largest absolute Gasteiger partial charge is 0.388 e. The van der Waals surface area contributed by atoms with Crippen LogP contribution in [0.3, 0.4) is 0 Å². The smallest absolute Gasteiger partial charge is 0.0897 e. The quantitative estimate of drug-likeness (QED) is 0.836. The Hall–Kier alpha value is -1.27. The van der Waals surface area contributed by atoms with Crippen LogP contribution in [0.15, 0.2) is 35.7 Å². The Bertz CT molecular complexity index is 617. The molecule has 1 aliphatic rings. The van der Waals surface area contributed by atoms with Gasteiger partial charge in [0, 0.05) is 18.0 Å². The fourth-order valence-corrected chi connectivity index (χ4v) is 3.90. The van der Waals surface area contributed by atoms with E-state index in [9.17, 15) is 5.11 Å². The highest BCUT2D eigenvalue weighted by atomic mass is 32.1. The van der Waals surface area contributed by atoms with Crippen molar-refractivity contribution in [3.63, 3.8) is 0 Å². The highest BCUT2D eigenvalue weighted by Crippen LogP contribution is 2.23. The maximum Gasteiger partial charge on any atom is 0.0897 e. The molecule has 0 radical (unpaired) electrons. The second-order valence-corrected chi connectivity index (χ2v) is 7.45. The zero-order chi connectivity index (χ0) is 16.8. The lowest BCUT2D eigenvalue weighted by molar-refractivity contribution is -0.0264. The van der Waals surface area contributed by atoms with E-state index in [2.05, 4.69) is 22.2 Å². The molecule has 1 N–H and O–H groups in total. The standard InChI is InChI=1S/C19H26N2O2S/c1-15-20-17(14-24-15)8-5-9-21-10-11-23-13-18(21)12-19(22)16-6-3-2-4-7-16/h2-4,6-7,14,18-19,22H,5,8-13H2,1H3. The third-order valence-corrected chi connectivity index (χ3v) is 5.40. The predicted molar refractivity (Wildman–Crippen MR) is 97.4 cm³/mol. The first-order valence-corrected chi connectivity index (χ1v) is 9.56. The Balaban J connectivity index is 1.51. The summed E-state index contributed by atoms with van der Waals surface area (Å²) in [5.74, 6) is 0. The van der Waals surface area contributed by atoms with Crippen molar-refractivity contribution in [3.8, 4) is 0 Å². The fourth-order valence-electron chi connectivity index (χ4n) is 3.26. The number of thiazole rings is 1. The van der Waals surface area contributed by atoms with Gasteiger partial charge < -0.3 is 9.84 Å². The number of morpholine rings is 1. The van der Waals surface area contributed by atoms with E-state index in [-0.39, 0.29) is 6.04 Å². The number of aryl methyl sites for hydroxylation is 2. The highest BCUT2D eigenvalue weighted by Gasteiger charge is 2.25. The van der Waals surface area contributed by atoms with Crippen LogP contribution >= 0.6 is 11.3 Å². The van der Waals surface area contributed by atoms with Gasteiger partial charge in [0.25, 0.3) is 0 Å². The van der Waals surface area contributed by atoms with Crippen molar-refractivity contribution in [1.29, 1.82) is 0 Å². The number of hydrogen-bond acceptors (Lipinski definition) is 5. The predicted octanol–water partition coefficient (Wildman–Crippen LogP) is 3.21. The van der Waals surface area contributed by atoms with Crippen LogP contribution in [0.25, 0.3) is 0 Å². The molecule has 1 aromatic heterocycles. The maximum atomic E-state index is 10.5. The molecule has 24 heavy (non-hydrogen) atoms. The lowest BCUT2D eigenvalue weighted by atomic mass is 10.0. The van der Waals surface area contributed by atoms with Gasteiger partial charge in [-0.15, -0.1) is 11.3 Å². The van der Waals surface area contributed by atoms with E-state index in [4.69, 9.17) is 4.74 Å². The first-order valence-electron chi connectivity index (χ1n) is 8.68. The molecule has 0 amide bonds. The lowest BCUT2D eigenvalue weighted by Gasteiger charge is -2.36. The molecule has 0 aliphatic carbocycles. The summed E-state index contributed by atoms with van der Waals surface area (Å²) in [4.78, 5) is 7.00. The molecule has 1 aliphatic heterocycles. The molecule has 2 heterocycles. The van der Waals surface area contributed by atoms with E-state index < -0.39 is 6.10 Å². The van der Waals surface area contributed by atoms with Crippen molar-refractivity contribution in [3.05, 3.63) is 52.0 Å². The second kappa shape index (κ2) is 8.72. The van der Waals surface area contributed by atoms with Crippen LogP contribution in [-0.2, 0) is 11.2 Å².